The van der Waals surface area contributed by atoms with E-state index in [0.717, 1.165) is 15.9 Å². The predicted octanol–water partition coefficient (Wildman–Crippen LogP) is -0.850. The summed E-state index contributed by atoms with van der Waals surface area (Å²) in [6.45, 7) is 0. The Labute approximate surface area is 147 Å². The zero-order chi connectivity index (χ0) is 18.1. The Bertz CT molecular complexity index is 1140. The number of para-hydroxylation sites is 1. The van der Waals surface area contributed by atoms with Gasteiger partial charge in [0, 0.05) is 0 Å². The number of thiazole rings is 1. The molecule has 0 spiro atoms. The third-order valence-electron chi connectivity index (χ3n) is 3.21. The molecule has 0 saturated carbocycles. The van der Waals surface area contributed by atoms with E-state index in [1.807, 2.05) is 0 Å². The summed E-state index contributed by atoms with van der Waals surface area (Å²) < 4.78 is 1.09. The van der Waals surface area contributed by atoms with Crippen LogP contribution in [0.1, 0.15) is 0 Å². The first-order valence-electron chi connectivity index (χ1n) is 6.73. The molecule has 0 radical (unpaired) electrons. The van der Waals surface area contributed by atoms with Gasteiger partial charge < -0.3 is 5.73 Å². The van der Waals surface area contributed by atoms with Crippen LogP contribution in [0.15, 0.2) is 35.1 Å². The molecule has 1 aliphatic rings. The van der Waals surface area contributed by atoms with Gasteiger partial charge in [-0.15, -0.1) is 11.3 Å². The highest BCUT2D eigenvalue weighted by Gasteiger charge is 2.28. The van der Waals surface area contributed by atoms with Crippen molar-refractivity contribution in [2.75, 3.05) is 0 Å². The normalized spacial score (nSPS) is 17.1. The Morgan fingerprint density at radius 2 is 1.88 bits per heavy atom. The third kappa shape index (κ3) is 2.86. The number of aromatic nitrogens is 1. The highest BCUT2D eigenvalue weighted by molar-refractivity contribution is 8.23. The number of nitrogens with zero attached hydrogens (tertiary/aromatic N) is 2. The van der Waals surface area contributed by atoms with Gasteiger partial charge in [-0.3, -0.25) is 29.1 Å². The number of nitriles is 1. The number of carbonyl (C=O) groups is 3. The first-order valence-corrected chi connectivity index (χ1v) is 8.36. The van der Waals surface area contributed by atoms with Gasteiger partial charge in [0.25, 0.3) is 22.6 Å². The first kappa shape index (κ1) is 16.7. The summed E-state index contributed by atoms with van der Waals surface area (Å²) in [4.78, 5) is 47.6. The largest absolute Gasteiger partial charge is 0.365 e. The topological polar surface area (TPSA) is 135 Å². The average molecular weight is 372 g/mol. The Morgan fingerprint density at radius 1 is 1.20 bits per heavy atom. The fourth-order valence-electron chi connectivity index (χ4n) is 2.17. The molecule has 3 rings (SSSR count). The number of primary amides is 1. The lowest BCUT2D eigenvalue weighted by atomic mass is 10.3. The summed E-state index contributed by atoms with van der Waals surface area (Å²) in [7, 11) is 0. The van der Waals surface area contributed by atoms with Crippen LogP contribution in [0.4, 0.5) is 4.79 Å². The number of amides is 3. The van der Waals surface area contributed by atoms with E-state index < -0.39 is 28.2 Å². The van der Waals surface area contributed by atoms with E-state index in [1.165, 1.54) is 0 Å². The van der Waals surface area contributed by atoms with Gasteiger partial charge in [0.15, 0.2) is 5.57 Å². The number of imide groups is 1. The highest BCUT2D eigenvalue weighted by atomic mass is 32.2. The van der Waals surface area contributed by atoms with E-state index in [-0.39, 0.29) is 14.1 Å². The van der Waals surface area contributed by atoms with E-state index in [1.54, 1.807) is 36.4 Å². The molecule has 2 aromatic rings. The van der Waals surface area contributed by atoms with Crippen LogP contribution >= 0.6 is 23.1 Å². The molecule has 1 fully saturated rings. The lowest BCUT2D eigenvalue weighted by Crippen LogP contribution is -2.33. The maximum atomic E-state index is 12.8. The van der Waals surface area contributed by atoms with E-state index in [0.29, 0.717) is 17.4 Å². The van der Waals surface area contributed by atoms with Crippen molar-refractivity contribution in [3.63, 3.8) is 0 Å². The molecule has 10 heteroatoms. The zero-order valence-corrected chi connectivity index (χ0v) is 13.9. The molecule has 0 aliphatic carbocycles. The Kier molecular flexibility index (Phi) is 4.26. The van der Waals surface area contributed by atoms with E-state index in [2.05, 4.69) is 5.32 Å². The molecular weight excluding hydrogens is 364 g/mol. The van der Waals surface area contributed by atoms with Crippen molar-refractivity contribution in [2.45, 2.75) is 0 Å². The zero-order valence-electron chi connectivity index (χ0n) is 12.3. The molecule has 25 heavy (non-hydrogen) atoms. The summed E-state index contributed by atoms with van der Waals surface area (Å²) in [5.74, 6) is -1.69. The van der Waals surface area contributed by atoms with E-state index in [4.69, 9.17) is 5.73 Å². The second kappa shape index (κ2) is 6.39. The van der Waals surface area contributed by atoms with Gasteiger partial charge in [-0.2, -0.15) is 5.26 Å². The van der Waals surface area contributed by atoms with Gasteiger partial charge in [0.2, 0.25) is 0 Å². The number of nitrogens with two attached hydrogens (primary N) is 1. The van der Waals surface area contributed by atoms with Crippen molar-refractivity contribution in [1.82, 2.24) is 9.88 Å². The lowest BCUT2D eigenvalue weighted by molar-refractivity contribution is -0.114. The summed E-state index contributed by atoms with van der Waals surface area (Å²) >= 11 is 1.36. The Morgan fingerprint density at radius 3 is 2.40 bits per heavy atom. The second-order valence-corrected chi connectivity index (χ2v) is 6.72. The number of carbonyl (C=O) groups excluding carboxylic acids is 3. The van der Waals surface area contributed by atoms with Crippen LogP contribution in [0.5, 0.6) is 0 Å². The molecule has 124 valence electrons. The monoisotopic (exact) mass is 372 g/mol. The molecule has 1 saturated heterocycles. The third-order valence-corrected chi connectivity index (χ3v) is 5.38. The van der Waals surface area contributed by atoms with Crippen molar-refractivity contribution >= 4 is 50.6 Å². The second-order valence-electron chi connectivity index (χ2n) is 4.74. The van der Waals surface area contributed by atoms with Crippen LogP contribution in [0, 0.1) is 11.3 Å². The summed E-state index contributed by atoms with van der Waals surface area (Å²) in [5.41, 5.74) is 4.61. The van der Waals surface area contributed by atoms with Crippen LogP contribution in [0.2, 0.25) is 0 Å². The lowest BCUT2D eigenvalue weighted by Gasteiger charge is -2.01. The van der Waals surface area contributed by atoms with Crippen molar-refractivity contribution in [1.29, 1.82) is 5.26 Å². The summed E-state index contributed by atoms with van der Waals surface area (Å²) in [6.07, 6.45) is 0. The fourth-order valence-corrected chi connectivity index (χ4v) is 4.16. The molecule has 1 aromatic heterocycles. The minimum Gasteiger partial charge on any atom is -0.365 e. The molecular formula is C15H8N4O4S2. The van der Waals surface area contributed by atoms with E-state index >= 15 is 0 Å². The number of rotatable bonds is 2. The van der Waals surface area contributed by atoms with Gasteiger partial charge in [0.1, 0.15) is 20.2 Å². The predicted molar refractivity (Wildman–Crippen MR) is 91.9 cm³/mol. The average Bonchev–Trinajstić information content (AvgIpc) is 3.08. The number of nitrogens with one attached hydrogen (secondary N) is 1. The van der Waals surface area contributed by atoms with Gasteiger partial charge in [-0.25, -0.2) is 0 Å². The van der Waals surface area contributed by atoms with Crippen LogP contribution < -0.4 is 25.8 Å². The molecule has 3 amide bonds. The van der Waals surface area contributed by atoms with Gasteiger partial charge in [-0.1, -0.05) is 18.2 Å². The molecule has 2 heterocycles. The smallest absolute Gasteiger partial charge is 0.290 e. The van der Waals surface area contributed by atoms with Crippen LogP contribution in [0.3, 0.4) is 0 Å². The van der Waals surface area contributed by atoms with Gasteiger partial charge in [0.05, 0.1) is 5.69 Å². The fraction of sp³-hybridized carbons (Fsp3) is 0. The van der Waals surface area contributed by atoms with Crippen molar-refractivity contribution in [3.8, 4) is 11.8 Å². The van der Waals surface area contributed by atoms with E-state index in [9.17, 15) is 24.4 Å². The molecule has 3 N–H and O–H groups in total. The summed E-state index contributed by atoms with van der Waals surface area (Å²) in [6, 6.07) is 9.98. The maximum Gasteiger partial charge on any atom is 0.290 e. The Hall–Kier alpha value is -3.16. The molecule has 8 nitrogen and oxygen atoms in total. The van der Waals surface area contributed by atoms with Crippen molar-refractivity contribution in [2.24, 2.45) is 5.73 Å². The van der Waals surface area contributed by atoms with Crippen molar-refractivity contribution < 1.29 is 14.4 Å². The standard InChI is InChI=1S/C15H8N4O4S2/c16-6-8(11(17)20)14-19(7-4-2-1-3-5-7)13(22)10(24-14)9-12(21)18-15(23)25-9/h1-5H,(H2,17,20)(H,18,21,23). The SMILES string of the molecule is N#CC(C(N)=O)=c1sc(=C2SC(=O)NC2=O)c(=O)n1-c1ccccc1. The molecule has 0 bridgehead atoms. The van der Waals surface area contributed by atoms with Crippen molar-refractivity contribution in [3.05, 3.63) is 49.9 Å². The Balaban J connectivity index is 2.52. The number of benzene rings is 1. The number of thioether (sulfide) groups is 1. The quantitative estimate of drug-likeness (QED) is 0.705. The molecule has 0 unspecified atom stereocenters. The van der Waals surface area contributed by atoms with Crippen LogP contribution in [-0.4, -0.2) is 21.6 Å². The highest BCUT2D eigenvalue weighted by Crippen LogP contribution is 2.22. The maximum absolute atomic E-state index is 12.8. The summed E-state index contributed by atoms with van der Waals surface area (Å²) in [5, 5.41) is 10.7. The van der Waals surface area contributed by atoms with Crippen LogP contribution in [-0.2, 0) is 9.59 Å². The van der Waals surface area contributed by atoms with Gasteiger partial charge >= 0.3 is 0 Å². The number of hydrogen-bond acceptors (Lipinski definition) is 7. The van der Waals surface area contributed by atoms with Crippen LogP contribution in [0.25, 0.3) is 16.2 Å². The first-order chi connectivity index (χ1) is 11.9. The molecule has 0 atom stereocenters. The minimum atomic E-state index is -0.996. The number of hydrogen-bond donors (Lipinski definition) is 2. The van der Waals surface area contributed by atoms with Gasteiger partial charge in [-0.05, 0) is 23.9 Å². The minimum absolute atomic E-state index is 0.00134. The molecule has 1 aromatic carbocycles. The molecule has 1 aliphatic heterocycles.